The van der Waals surface area contributed by atoms with E-state index in [-0.39, 0.29) is 5.91 Å². The molecule has 2 rings (SSSR count). The molecular formula is C17H31N5O2. The monoisotopic (exact) mass is 337 g/mol. The normalized spacial score (nSPS) is 19.6. The summed E-state index contributed by atoms with van der Waals surface area (Å²) in [6.45, 7) is 13.8. The Bertz CT molecular complexity index is 512. The first-order chi connectivity index (χ1) is 11.5. The van der Waals surface area contributed by atoms with Gasteiger partial charge in [0.25, 0.3) is 0 Å². The van der Waals surface area contributed by atoms with Crippen molar-refractivity contribution < 1.29 is 9.53 Å². The molecular weight excluding hydrogens is 306 g/mol. The van der Waals surface area contributed by atoms with Crippen molar-refractivity contribution in [1.29, 1.82) is 0 Å². The minimum atomic E-state index is 0.0280. The number of hydrogen-bond donors (Lipinski definition) is 2. The highest BCUT2D eigenvalue weighted by molar-refractivity contribution is 5.93. The largest absolute Gasteiger partial charge is 0.380 e. The molecule has 1 atom stereocenters. The van der Waals surface area contributed by atoms with Gasteiger partial charge in [-0.05, 0) is 27.2 Å². The topological polar surface area (TPSA) is 73.5 Å². The van der Waals surface area contributed by atoms with Gasteiger partial charge in [-0.1, -0.05) is 6.92 Å². The Morgan fingerprint density at radius 2 is 2.17 bits per heavy atom. The Morgan fingerprint density at radius 3 is 2.79 bits per heavy atom. The summed E-state index contributed by atoms with van der Waals surface area (Å²) in [5.74, 6) is 0.0280. The molecule has 1 saturated heterocycles. The maximum Gasteiger partial charge on any atom is 0.238 e. The number of carbonyl (C=O) groups is 1. The number of carbonyl (C=O) groups excluding carboxylic acids is 1. The van der Waals surface area contributed by atoms with Crippen molar-refractivity contribution in [3.8, 4) is 0 Å². The van der Waals surface area contributed by atoms with E-state index < -0.39 is 0 Å². The molecule has 1 aromatic rings. The SMILES string of the molecule is CCOCCN1CCN(CC(=O)Nc2c(C)n[nH]c2C)C[C@@H]1CC. The Balaban J connectivity index is 1.82. The summed E-state index contributed by atoms with van der Waals surface area (Å²) in [7, 11) is 0. The molecule has 1 aliphatic rings. The van der Waals surface area contributed by atoms with Gasteiger partial charge in [0.15, 0.2) is 0 Å². The lowest BCUT2D eigenvalue weighted by atomic mass is 10.1. The highest BCUT2D eigenvalue weighted by Crippen LogP contribution is 2.17. The van der Waals surface area contributed by atoms with Crippen molar-refractivity contribution in [2.75, 3.05) is 51.3 Å². The number of rotatable bonds is 8. The van der Waals surface area contributed by atoms with Gasteiger partial charge in [0.1, 0.15) is 0 Å². The van der Waals surface area contributed by atoms with Gasteiger partial charge in [-0.2, -0.15) is 5.10 Å². The number of nitrogens with one attached hydrogen (secondary N) is 2. The van der Waals surface area contributed by atoms with Gasteiger partial charge in [0.2, 0.25) is 5.91 Å². The van der Waals surface area contributed by atoms with Crippen LogP contribution in [0.4, 0.5) is 5.69 Å². The van der Waals surface area contributed by atoms with Crippen LogP contribution >= 0.6 is 0 Å². The first kappa shape index (κ1) is 18.9. The molecule has 7 heteroatoms. The molecule has 2 heterocycles. The molecule has 1 amide bonds. The highest BCUT2D eigenvalue weighted by atomic mass is 16.5. The maximum absolute atomic E-state index is 12.3. The van der Waals surface area contributed by atoms with Gasteiger partial charge in [0.05, 0.1) is 30.2 Å². The van der Waals surface area contributed by atoms with E-state index in [0.29, 0.717) is 12.6 Å². The van der Waals surface area contributed by atoms with Crippen LogP contribution in [0, 0.1) is 13.8 Å². The van der Waals surface area contributed by atoms with Crippen LogP contribution in [0.15, 0.2) is 0 Å². The van der Waals surface area contributed by atoms with E-state index in [2.05, 4.69) is 32.2 Å². The van der Waals surface area contributed by atoms with Crippen molar-refractivity contribution in [2.45, 2.75) is 40.2 Å². The summed E-state index contributed by atoms with van der Waals surface area (Å²) in [5, 5.41) is 9.99. The number of hydrogen-bond acceptors (Lipinski definition) is 5. The number of aromatic nitrogens is 2. The van der Waals surface area contributed by atoms with E-state index in [1.807, 2.05) is 20.8 Å². The molecule has 0 saturated carbocycles. The predicted molar refractivity (Wildman–Crippen MR) is 95.3 cm³/mol. The fraction of sp³-hybridized carbons (Fsp3) is 0.765. The van der Waals surface area contributed by atoms with Crippen LogP contribution in [0.2, 0.25) is 0 Å². The average molecular weight is 337 g/mol. The van der Waals surface area contributed by atoms with Crippen LogP contribution < -0.4 is 5.32 Å². The number of piperazine rings is 1. The molecule has 0 spiro atoms. The quantitative estimate of drug-likeness (QED) is 0.702. The van der Waals surface area contributed by atoms with E-state index in [1.165, 1.54) is 0 Å². The lowest BCUT2D eigenvalue weighted by Crippen LogP contribution is -2.54. The Kier molecular flexibility index (Phi) is 7.20. The van der Waals surface area contributed by atoms with Gasteiger partial charge in [-0.3, -0.25) is 19.7 Å². The summed E-state index contributed by atoms with van der Waals surface area (Å²) < 4.78 is 5.47. The molecule has 24 heavy (non-hydrogen) atoms. The molecule has 0 aromatic carbocycles. The third-order valence-electron chi connectivity index (χ3n) is 4.65. The number of amides is 1. The minimum absolute atomic E-state index is 0.0280. The zero-order valence-electron chi connectivity index (χ0n) is 15.4. The van der Waals surface area contributed by atoms with Gasteiger partial charge in [0, 0.05) is 38.8 Å². The molecule has 1 aliphatic heterocycles. The fourth-order valence-corrected chi connectivity index (χ4v) is 3.23. The third kappa shape index (κ3) is 5.03. The molecule has 0 radical (unpaired) electrons. The second-order valence-corrected chi connectivity index (χ2v) is 6.39. The summed E-state index contributed by atoms with van der Waals surface area (Å²) >= 11 is 0. The summed E-state index contributed by atoms with van der Waals surface area (Å²) in [6, 6.07) is 0.490. The summed E-state index contributed by atoms with van der Waals surface area (Å²) in [6.07, 6.45) is 1.09. The van der Waals surface area contributed by atoms with Gasteiger partial charge in [-0.15, -0.1) is 0 Å². The minimum Gasteiger partial charge on any atom is -0.380 e. The number of aromatic amines is 1. The van der Waals surface area contributed by atoms with Crippen LogP contribution in [-0.2, 0) is 9.53 Å². The molecule has 1 aromatic heterocycles. The first-order valence-corrected chi connectivity index (χ1v) is 8.90. The molecule has 136 valence electrons. The molecule has 2 N–H and O–H groups in total. The van der Waals surface area contributed by atoms with E-state index in [1.54, 1.807) is 0 Å². The second-order valence-electron chi connectivity index (χ2n) is 6.39. The lowest BCUT2D eigenvalue weighted by Gasteiger charge is -2.40. The van der Waals surface area contributed by atoms with Gasteiger partial charge < -0.3 is 10.1 Å². The van der Waals surface area contributed by atoms with Crippen LogP contribution in [-0.4, -0.2) is 77.9 Å². The zero-order chi connectivity index (χ0) is 17.5. The maximum atomic E-state index is 12.3. The molecule has 0 aliphatic carbocycles. The summed E-state index contributed by atoms with van der Waals surface area (Å²) in [5.41, 5.74) is 2.53. The number of anilines is 1. The molecule has 0 bridgehead atoms. The Labute approximate surface area is 144 Å². The Morgan fingerprint density at radius 1 is 1.38 bits per heavy atom. The van der Waals surface area contributed by atoms with Crippen molar-refractivity contribution in [3.05, 3.63) is 11.4 Å². The van der Waals surface area contributed by atoms with E-state index in [4.69, 9.17) is 4.74 Å². The van der Waals surface area contributed by atoms with E-state index in [0.717, 1.165) is 62.9 Å². The predicted octanol–water partition coefficient (Wildman–Crippen LogP) is 1.40. The Hall–Kier alpha value is -1.44. The van der Waals surface area contributed by atoms with E-state index >= 15 is 0 Å². The second kappa shape index (κ2) is 9.15. The van der Waals surface area contributed by atoms with Crippen molar-refractivity contribution >= 4 is 11.6 Å². The number of ether oxygens (including phenoxy) is 1. The first-order valence-electron chi connectivity index (χ1n) is 8.90. The van der Waals surface area contributed by atoms with Crippen LogP contribution in [0.3, 0.4) is 0 Å². The lowest BCUT2D eigenvalue weighted by molar-refractivity contribution is -0.118. The highest BCUT2D eigenvalue weighted by Gasteiger charge is 2.26. The van der Waals surface area contributed by atoms with Crippen LogP contribution in [0.25, 0.3) is 0 Å². The fourth-order valence-electron chi connectivity index (χ4n) is 3.23. The summed E-state index contributed by atoms with van der Waals surface area (Å²) in [4.78, 5) is 17.1. The van der Waals surface area contributed by atoms with Gasteiger partial charge in [-0.25, -0.2) is 0 Å². The van der Waals surface area contributed by atoms with Crippen LogP contribution in [0.5, 0.6) is 0 Å². The number of nitrogens with zero attached hydrogens (tertiary/aromatic N) is 3. The van der Waals surface area contributed by atoms with Crippen molar-refractivity contribution in [3.63, 3.8) is 0 Å². The average Bonchev–Trinajstić information content (AvgIpc) is 2.88. The molecule has 1 fully saturated rings. The standard InChI is InChI=1S/C17H31N5O2/c1-5-15-11-21(7-8-22(15)9-10-24-6-2)12-16(23)18-17-13(3)19-20-14(17)4/h15H,5-12H2,1-4H3,(H,18,23)(H,19,20)/t15-/m0/s1. The van der Waals surface area contributed by atoms with Crippen LogP contribution in [0.1, 0.15) is 31.7 Å². The van der Waals surface area contributed by atoms with E-state index in [9.17, 15) is 4.79 Å². The smallest absolute Gasteiger partial charge is 0.238 e. The molecule has 0 unspecified atom stereocenters. The van der Waals surface area contributed by atoms with Gasteiger partial charge >= 0.3 is 0 Å². The molecule has 7 nitrogen and oxygen atoms in total. The van der Waals surface area contributed by atoms with Crippen molar-refractivity contribution in [2.24, 2.45) is 0 Å². The zero-order valence-corrected chi connectivity index (χ0v) is 15.4. The number of H-pyrrole nitrogens is 1. The van der Waals surface area contributed by atoms with Crippen molar-refractivity contribution in [1.82, 2.24) is 20.0 Å². The number of aryl methyl sites for hydroxylation is 2. The third-order valence-corrected chi connectivity index (χ3v) is 4.65.